The van der Waals surface area contributed by atoms with E-state index in [4.69, 9.17) is 19.6 Å². The van der Waals surface area contributed by atoms with E-state index in [1.54, 1.807) is 18.2 Å². The van der Waals surface area contributed by atoms with Gasteiger partial charge in [-0.2, -0.15) is 0 Å². The molecule has 0 aliphatic carbocycles. The zero-order valence-electron chi connectivity index (χ0n) is 15.6. The summed E-state index contributed by atoms with van der Waals surface area (Å²) in [4.78, 5) is 13.1. The molecule has 5 heteroatoms. The maximum atomic E-state index is 13.1. The zero-order valence-corrected chi connectivity index (χ0v) is 15.6. The molecule has 2 N–H and O–H groups in total. The van der Waals surface area contributed by atoms with Gasteiger partial charge in [-0.1, -0.05) is 36.4 Å². The van der Waals surface area contributed by atoms with Crippen LogP contribution in [-0.2, 0) is 0 Å². The van der Waals surface area contributed by atoms with Gasteiger partial charge in [0.25, 0.3) is 0 Å². The first-order valence-corrected chi connectivity index (χ1v) is 8.76. The molecule has 0 bridgehead atoms. The Labute approximate surface area is 162 Å². The maximum Gasteiger partial charge on any atom is 0.234 e. The van der Waals surface area contributed by atoms with Gasteiger partial charge in [0.2, 0.25) is 5.78 Å². The van der Waals surface area contributed by atoms with Crippen molar-refractivity contribution in [2.24, 2.45) is 0 Å². The number of carbonyl (C=O) groups is 1. The fraction of sp³-hybridized carbons (Fsp3) is 0.0870. The smallest absolute Gasteiger partial charge is 0.234 e. The SMILES string of the molecule is COc1ccc(OC)c(C(=O)c2oc3cc(-c4ccccc4)ccc3c2N)c1. The minimum atomic E-state index is -0.356. The van der Waals surface area contributed by atoms with Gasteiger partial charge >= 0.3 is 0 Å². The van der Waals surface area contributed by atoms with Crippen molar-refractivity contribution in [3.8, 4) is 22.6 Å². The van der Waals surface area contributed by atoms with Crippen LogP contribution >= 0.6 is 0 Å². The molecular weight excluding hydrogens is 354 g/mol. The minimum absolute atomic E-state index is 0.0896. The molecule has 3 aromatic carbocycles. The van der Waals surface area contributed by atoms with Crippen LogP contribution in [0.25, 0.3) is 22.1 Å². The standard InChI is InChI=1S/C23H19NO4/c1-26-16-9-11-19(27-2)18(13-16)22(25)23-21(24)17-10-8-15(12-20(17)28-23)14-6-4-3-5-7-14/h3-13H,24H2,1-2H3. The highest BCUT2D eigenvalue weighted by Crippen LogP contribution is 2.35. The molecule has 0 spiro atoms. The first-order chi connectivity index (χ1) is 13.6. The third-order valence-corrected chi connectivity index (χ3v) is 4.69. The van der Waals surface area contributed by atoms with Crippen LogP contribution in [0.4, 0.5) is 5.69 Å². The molecule has 28 heavy (non-hydrogen) atoms. The normalized spacial score (nSPS) is 10.8. The Morgan fingerprint density at radius 2 is 1.68 bits per heavy atom. The van der Waals surface area contributed by atoms with E-state index in [1.165, 1.54) is 14.2 Å². The molecule has 4 rings (SSSR count). The molecule has 1 heterocycles. The predicted molar refractivity (Wildman–Crippen MR) is 109 cm³/mol. The topological polar surface area (TPSA) is 74.7 Å². The van der Waals surface area contributed by atoms with Crippen molar-refractivity contribution in [1.82, 2.24) is 0 Å². The average Bonchev–Trinajstić information content (AvgIpc) is 3.09. The Kier molecular flexibility index (Phi) is 4.49. The number of nitrogen functional groups attached to an aromatic ring is 1. The molecule has 0 fully saturated rings. The molecule has 0 saturated heterocycles. The molecule has 0 unspecified atom stereocenters. The van der Waals surface area contributed by atoms with Crippen LogP contribution in [0, 0.1) is 0 Å². The van der Waals surface area contributed by atoms with Gasteiger partial charge in [0.1, 0.15) is 17.1 Å². The van der Waals surface area contributed by atoms with Gasteiger partial charge in [-0.15, -0.1) is 0 Å². The summed E-state index contributed by atoms with van der Waals surface area (Å²) < 4.78 is 16.4. The van der Waals surface area contributed by atoms with Gasteiger partial charge < -0.3 is 19.6 Å². The summed E-state index contributed by atoms with van der Waals surface area (Å²) in [7, 11) is 3.05. The molecule has 0 aliphatic rings. The van der Waals surface area contributed by atoms with Crippen LogP contribution in [0.1, 0.15) is 16.1 Å². The first kappa shape index (κ1) is 17.7. The fourth-order valence-electron chi connectivity index (χ4n) is 3.21. The summed E-state index contributed by atoms with van der Waals surface area (Å²) in [5.74, 6) is 0.707. The number of hydrogen-bond donors (Lipinski definition) is 1. The molecule has 0 saturated carbocycles. The van der Waals surface area contributed by atoms with E-state index in [0.29, 0.717) is 33.7 Å². The van der Waals surface area contributed by atoms with E-state index in [2.05, 4.69) is 0 Å². The Balaban J connectivity index is 1.81. The van der Waals surface area contributed by atoms with Gasteiger partial charge in [0.05, 0.1) is 25.5 Å². The highest BCUT2D eigenvalue weighted by Gasteiger charge is 2.23. The molecule has 5 nitrogen and oxygen atoms in total. The van der Waals surface area contributed by atoms with Crippen molar-refractivity contribution in [2.75, 3.05) is 20.0 Å². The maximum absolute atomic E-state index is 13.1. The quantitative estimate of drug-likeness (QED) is 0.502. The Bertz CT molecular complexity index is 1160. The van der Waals surface area contributed by atoms with Gasteiger partial charge in [0, 0.05) is 5.39 Å². The number of benzene rings is 3. The highest BCUT2D eigenvalue weighted by molar-refractivity contribution is 6.16. The molecule has 0 atom stereocenters. The largest absolute Gasteiger partial charge is 0.497 e. The van der Waals surface area contributed by atoms with Crippen molar-refractivity contribution in [3.05, 3.63) is 78.1 Å². The molecule has 1 aromatic heterocycles. The molecule has 140 valence electrons. The highest BCUT2D eigenvalue weighted by atomic mass is 16.5. The first-order valence-electron chi connectivity index (χ1n) is 8.76. The van der Waals surface area contributed by atoms with E-state index in [-0.39, 0.29) is 11.5 Å². The van der Waals surface area contributed by atoms with Crippen LogP contribution in [0.5, 0.6) is 11.5 Å². The molecule has 0 aliphatic heterocycles. The predicted octanol–water partition coefficient (Wildman–Crippen LogP) is 4.93. The number of fused-ring (bicyclic) bond motifs is 1. The Morgan fingerprint density at radius 3 is 2.39 bits per heavy atom. The van der Waals surface area contributed by atoms with E-state index in [1.807, 2.05) is 48.5 Å². The van der Waals surface area contributed by atoms with Crippen molar-refractivity contribution in [1.29, 1.82) is 0 Å². The van der Waals surface area contributed by atoms with Crippen LogP contribution in [0.3, 0.4) is 0 Å². The van der Waals surface area contributed by atoms with Crippen molar-refractivity contribution < 1.29 is 18.7 Å². The lowest BCUT2D eigenvalue weighted by molar-refractivity contribution is 0.101. The summed E-state index contributed by atoms with van der Waals surface area (Å²) in [6.07, 6.45) is 0. The van der Waals surface area contributed by atoms with Crippen LogP contribution in [-0.4, -0.2) is 20.0 Å². The lowest BCUT2D eigenvalue weighted by Gasteiger charge is -2.08. The number of ether oxygens (including phenoxy) is 2. The van der Waals surface area contributed by atoms with Crippen molar-refractivity contribution >= 4 is 22.4 Å². The average molecular weight is 373 g/mol. The lowest BCUT2D eigenvalue weighted by atomic mass is 10.0. The van der Waals surface area contributed by atoms with Crippen molar-refractivity contribution in [2.45, 2.75) is 0 Å². The monoisotopic (exact) mass is 373 g/mol. The summed E-state index contributed by atoms with van der Waals surface area (Å²) >= 11 is 0. The summed E-state index contributed by atoms with van der Waals surface area (Å²) in [6.45, 7) is 0. The number of rotatable bonds is 5. The third kappa shape index (κ3) is 2.97. The second kappa shape index (κ2) is 7.12. The fourth-order valence-corrected chi connectivity index (χ4v) is 3.21. The lowest BCUT2D eigenvalue weighted by Crippen LogP contribution is -2.05. The van der Waals surface area contributed by atoms with Gasteiger partial charge in [-0.3, -0.25) is 4.79 Å². The molecule has 0 radical (unpaired) electrons. The summed E-state index contributed by atoms with van der Waals surface area (Å²) in [5, 5.41) is 0.699. The van der Waals surface area contributed by atoms with Gasteiger partial charge in [-0.05, 0) is 41.5 Å². The van der Waals surface area contributed by atoms with Crippen LogP contribution < -0.4 is 15.2 Å². The van der Waals surface area contributed by atoms with E-state index in [0.717, 1.165) is 11.1 Å². The second-order valence-corrected chi connectivity index (χ2v) is 6.32. The Hall–Kier alpha value is -3.73. The second-order valence-electron chi connectivity index (χ2n) is 6.32. The van der Waals surface area contributed by atoms with Crippen LogP contribution in [0.2, 0.25) is 0 Å². The van der Waals surface area contributed by atoms with E-state index in [9.17, 15) is 4.79 Å². The molecular formula is C23H19NO4. The van der Waals surface area contributed by atoms with E-state index >= 15 is 0 Å². The van der Waals surface area contributed by atoms with Gasteiger partial charge in [0.15, 0.2) is 5.76 Å². The number of carbonyl (C=O) groups excluding carboxylic acids is 1. The van der Waals surface area contributed by atoms with Gasteiger partial charge in [-0.25, -0.2) is 0 Å². The molecule has 4 aromatic rings. The van der Waals surface area contributed by atoms with Crippen molar-refractivity contribution in [3.63, 3.8) is 0 Å². The molecule has 0 amide bonds. The zero-order chi connectivity index (χ0) is 19.7. The third-order valence-electron chi connectivity index (χ3n) is 4.69. The number of hydrogen-bond acceptors (Lipinski definition) is 5. The van der Waals surface area contributed by atoms with Crippen LogP contribution in [0.15, 0.2) is 71.1 Å². The summed E-state index contributed by atoms with van der Waals surface area (Å²) in [6, 6.07) is 20.7. The minimum Gasteiger partial charge on any atom is -0.497 e. The number of ketones is 1. The number of anilines is 1. The number of nitrogens with two attached hydrogens (primary N) is 1. The Morgan fingerprint density at radius 1 is 0.893 bits per heavy atom. The number of furan rings is 1. The summed E-state index contributed by atoms with van der Waals surface area (Å²) in [5.41, 5.74) is 9.48. The number of methoxy groups -OCH3 is 2. The van der Waals surface area contributed by atoms with E-state index < -0.39 is 0 Å².